The van der Waals surface area contributed by atoms with Crippen LogP contribution in [0.25, 0.3) is 0 Å². The summed E-state index contributed by atoms with van der Waals surface area (Å²) < 4.78 is 10.4. The number of carbonyl (C=O) groups excluding carboxylic acids is 2. The minimum Gasteiger partial charge on any atom is -0.497 e. The van der Waals surface area contributed by atoms with Crippen LogP contribution in [0.5, 0.6) is 11.5 Å². The van der Waals surface area contributed by atoms with Gasteiger partial charge in [0.1, 0.15) is 11.5 Å². The summed E-state index contributed by atoms with van der Waals surface area (Å²) in [5.74, 6) is 0.827. The largest absolute Gasteiger partial charge is 0.497 e. The number of esters is 1. The van der Waals surface area contributed by atoms with E-state index in [1.165, 1.54) is 0 Å². The van der Waals surface area contributed by atoms with E-state index in [4.69, 9.17) is 9.47 Å². The predicted octanol–water partition coefficient (Wildman–Crippen LogP) is 3.04. The molecule has 118 valence electrons. The number of carbonyl (C=O) groups is 2. The molecule has 0 aromatic heterocycles. The van der Waals surface area contributed by atoms with Crippen molar-refractivity contribution in [3.8, 4) is 11.5 Å². The zero-order chi connectivity index (χ0) is 16.2. The molecule has 0 radical (unpaired) electrons. The first-order valence-corrected chi connectivity index (χ1v) is 7.44. The second kappa shape index (κ2) is 6.52. The molecule has 1 saturated heterocycles. The third-order valence-corrected chi connectivity index (χ3v) is 3.76. The van der Waals surface area contributed by atoms with Crippen LogP contribution in [-0.2, 0) is 4.79 Å². The first-order chi connectivity index (χ1) is 11.2. The molecule has 0 N–H and O–H groups in total. The molecule has 1 aliphatic heterocycles. The van der Waals surface area contributed by atoms with Gasteiger partial charge in [0.15, 0.2) is 0 Å². The first kappa shape index (κ1) is 15.1. The summed E-state index contributed by atoms with van der Waals surface area (Å²) in [6, 6.07) is 13.7. The zero-order valence-electron chi connectivity index (χ0n) is 12.8. The molecule has 1 amide bonds. The van der Waals surface area contributed by atoms with E-state index >= 15 is 0 Å². The Morgan fingerprint density at radius 2 is 1.65 bits per heavy atom. The lowest BCUT2D eigenvalue weighted by atomic mass is 10.2. The maximum Gasteiger partial charge on any atom is 0.343 e. The third kappa shape index (κ3) is 3.34. The van der Waals surface area contributed by atoms with Crippen molar-refractivity contribution in [3.05, 3.63) is 54.1 Å². The van der Waals surface area contributed by atoms with Crippen LogP contribution in [0.3, 0.4) is 0 Å². The van der Waals surface area contributed by atoms with Crippen LogP contribution in [0.1, 0.15) is 23.2 Å². The van der Waals surface area contributed by atoms with Crippen LogP contribution in [0.15, 0.2) is 48.5 Å². The molecule has 0 aliphatic carbocycles. The van der Waals surface area contributed by atoms with Crippen molar-refractivity contribution in [2.45, 2.75) is 12.8 Å². The second-order valence-corrected chi connectivity index (χ2v) is 5.26. The Balaban J connectivity index is 1.67. The van der Waals surface area contributed by atoms with Crippen molar-refractivity contribution in [1.82, 2.24) is 0 Å². The van der Waals surface area contributed by atoms with Crippen molar-refractivity contribution in [2.75, 3.05) is 18.6 Å². The summed E-state index contributed by atoms with van der Waals surface area (Å²) in [7, 11) is 1.57. The van der Waals surface area contributed by atoms with Crippen molar-refractivity contribution in [2.24, 2.45) is 0 Å². The van der Waals surface area contributed by atoms with Crippen molar-refractivity contribution < 1.29 is 19.1 Å². The van der Waals surface area contributed by atoms with E-state index in [2.05, 4.69) is 0 Å². The number of ether oxygens (including phenoxy) is 2. The summed E-state index contributed by atoms with van der Waals surface area (Å²) >= 11 is 0. The zero-order valence-corrected chi connectivity index (χ0v) is 12.8. The van der Waals surface area contributed by atoms with E-state index in [0.717, 1.165) is 18.7 Å². The summed E-state index contributed by atoms with van der Waals surface area (Å²) in [6.07, 6.45) is 1.47. The lowest BCUT2D eigenvalue weighted by Gasteiger charge is -2.15. The number of rotatable bonds is 4. The van der Waals surface area contributed by atoms with Gasteiger partial charge in [-0.2, -0.15) is 0 Å². The molecular weight excluding hydrogens is 294 g/mol. The molecule has 0 spiro atoms. The molecule has 23 heavy (non-hydrogen) atoms. The van der Waals surface area contributed by atoms with Gasteiger partial charge in [-0.25, -0.2) is 4.79 Å². The molecule has 1 aliphatic rings. The number of hydrogen-bond donors (Lipinski definition) is 0. The van der Waals surface area contributed by atoms with Gasteiger partial charge in [0.05, 0.1) is 12.7 Å². The minimum atomic E-state index is -0.433. The van der Waals surface area contributed by atoms with Gasteiger partial charge in [-0.3, -0.25) is 4.79 Å². The molecule has 3 rings (SSSR count). The highest BCUT2D eigenvalue weighted by atomic mass is 16.5. The molecule has 0 bridgehead atoms. The average Bonchev–Trinajstić information content (AvgIpc) is 3.01. The van der Waals surface area contributed by atoms with Crippen molar-refractivity contribution in [3.63, 3.8) is 0 Å². The quantitative estimate of drug-likeness (QED) is 0.643. The number of hydrogen-bond acceptors (Lipinski definition) is 4. The Morgan fingerprint density at radius 3 is 2.22 bits per heavy atom. The average molecular weight is 311 g/mol. The maximum absolute atomic E-state index is 12.1. The van der Waals surface area contributed by atoms with Crippen LogP contribution in [0.4, 0.5) is 5.69 Å². The fraction of sp³-hybridized carbons (Fsp3) is 0.222. The van der Waals surface area contributed by atoms with Crippen LogP contribution < -0.4 is 14.4 Å². The van der Waals surface area contributed by atoms with E-state index in [0.29, 0.717) is 23.5 Å². The molecule has 2 aromatic carbocycles. The van der Waals surface area contributed by atoms with Crippen LogP contribution in [0, 0.1) is 0 Å². The molecule has 0 saturated carbocycles. The lowest BCUT2D eigenvalue weighted by Crippen LogP contribution is -2.23. The summed E-state index contributed by atoms with van der Waals surface area (Å²) in [5, 5.41) is 0. The van der Waals surface area contributed by atoms with E-state index in [1.54, 1.807) is 60.5 Å². The monoisotopic (exact) mass is 311 g/mol. The highest BCUT2D eigenvalue weighted by molar-refractivity contribution is 5.95. The van der Waals surface area contributed by atoms with E-state index < -0.39 is 5.97 Å². The van der Waals surface area contributed by atoms with Crippen LogP contribution in [-0.4, -0.2) is 25.5 Å². The predicted molar refractivity (Wildman–Crippen MR) is 86.0 cm³/mol. The number of amides is 1. The van der Waals surface area contributed by atoms with Gasteiger partial charge in [0.2, 0.25) is 5.91 Å². The number of benzene rings is 2. The Bertz CT molecular complexity index is 707. The summed E-state index contributed by atoms with van der Waals surface area (Å²) in [6.45, 7) is 0.740. The van der Waals surface area contributed by atoms with Crippen LogP contribution in [0.2, 0.25) is 0 Å². The van der Waals surface area contributed by atoms with E-state index in [1.807, 2.05) is 0 Å². The number of methoxy groups -OCH3 is 1. The highest BCUT2D eigenvalue weighted by Gasteiger charge is 2.21. The Kier molecular flexibility index (Phi) is 4.28. The van der Waals surface area contributed by atoms with Gasteiger partial charge in [-0.15, -0.1) is 0 Å². The topological polar surface area (TPSA) is 55.8 Å². The normalized spacial score (nSPS) is 14.0. The van der Waals surface area contributed by atoms with Gasteiger partial charge in [-0.05, 0) is 55.0 Å². The Labute approximate surface area is 134 Å². The Hall–Kier alpha value is -2.82. The number of anilines is 1. The van der Waals surface area contributed by atoms with E-state index in [9.17, 15) is 9.59 Å². The molecule has 0 atom stereocenters. The molecule has 0 unspecified atom stereocenters. The van der Waals surface area contributed by atoms with E-state index in [-0.39, 0.29) is 5.91 Å². The van der Waals surface area contributed by atoms with Gasteiger partial charge in [0.25, 0.3) is 0 Å². The summed E-state index contributed by atoms with van der Waals surface area (Å²) in [5.41, 5.74) is 1.28. The Morgan fingerprint density at radius 1 is 1.00 bits per heavy atom. The van der Waals surface area contributed by atoms with Gasteiger partial charge >= 0.3 is 5.97 Å². The maximum atomic E-state index is 12.1. The van der Waals surface area contributed by atoms with Gasteiger partial charge in [0, 0.05) is 18.7 Å². The van der Waals surface area contributed by atoms with Gasteiger partial charge < -0.3 is 14.4 Å². The minimum absolute atomic E-state index is 0.132. The molecule has 1 fully saturated rings. The van der Waals surface area contributed by atoms with Gasteiger partial charge in [-0.1, -0.05) is 0 Å². The van der Waals surface area contributed by atoms with Crippen molar-refractivity contribution >= 4 is 17.6 Å². The molecule has 5 heteroatoms. The SMILES string of the molecule is COc1ccc(C(=O)Oc2ccc(N3CCCC3=O)cc2)cc1. The summed E-state index contributed by atoms with van der Waals surface area (Å²) in [4.78, 5) is 25.5. The smallest absolute Gasteiger partial charge is 0.343 e. The van der Waals surface area contributed by atoms with Crippen molar-refractivity contribution in [1.29, 1.82) is 0 Å². The highest BCUT2D eigenvalue weighted by Crippen LogP contribution is 2.24. The fourth-order valence-electron chi connectivity index (χ4n) is 2.51. The first-order valence-electron chi connectivity index (χ1n) is 7.44. The lowest BCUT2D eigenvalue weighted by molar-refractivity contribution is -0.117. The molecular formula is C18H17NO4. The van der Waals surface area contributed by atoms with Crippen LogP contribution >= 0.6 is 0 Å². The second-order valence-electron chi connectivity index (χ2n) is 5.26. The molecule has 5 nitrogen and oxygen atoms in total. The third-order valence-electron chi connectivity index (χ3n) is 3.76. The number of nitrogens with zero attached hydrogens (tertiary/aromatic N) is 1. The standard InChI is InChI=1S/C18H17NO4/c1-22-15-8-4-13(5-9-15)18(21)23-16-10-6-14(7-11-16)19-12-2-3-17(19)20/h4-11H,2-3,12H2,1H3. The molecule has 1 heterocycles. The molecule has 2 aromatic rings. The fourth-order valence-corrected chi connectivity index (χ4v) is 2.51.